The normalized spacial score (nSPS) is 18.1. The van der Waals surface area contributed by atoms with Crippen LogP contribution in [0.5, 0.6) is 0 Å². The van der Waals surface area contributed by atoms with Crippen molar-refractivity contribution in [2.24, 2.45) is 5.73 Å². The molecule has 0 saturated carbocycles. The number of fused-ring (bicyclic) bond motifs is 1. The van der Waals surface area contributed by atoms with E-state index in [2.05, 4.69) is 10.6 Å². The van der Waals surface area contributed by atoms with Gasteiger partial charge in [0.2, 0.25) is 5.91 Å². The zero-order valence-corrected chi connectivity index (χ0v) is 9.09. The van der Waals surface area contributed by atoms with Gasteiger partial charge in [-0.05, 0) is 25.6 Å². The lowest BCUT2D eigenvalue weighted by Gasteiger charge is -2.11. The third-order valence-corrected chi connectivity index (χ3v) is 2.63. The number of hydrogen-bond acceptors (Lipinski definition) is 3. The van der Waals surface area contributed by atoms with Crippen molar-refractivity contribution >= 4 is 11.6 Å². The van der Waals surface area contributed by atoms with Gasteiger partial charge in [0.1, 0.15) is 17.7 Å². The zero-order chi connectivity index (χ0) is 12.4. The van der Waals surface area contributed by atoms with Gasteiger partial charge in [-0.3, -0.25) is 4.79 Å². The van der Waals surface area contributed by atoms with Gasteiger partial charge in [0.25, 0.3) is 0 Å². The number of nitrogens with two attached hydrogens (primary N) is 1. The maximum Gasteiger partial charge on any atom is 0.246 e. The van der Waals surface area contributed by atoms with E-state index in [1.807, 2.05) is 0 Å². The first-order chi connectivity index (χ1) is 8.13. The maximum absolute atomic E-state index is 13.6. The fourth-order valence-corrected chi connectivity index (χ4v) is 1.86. The fourth-order valence-electron chi connectivity index (χ4n) is 1.86. The molecule has 1 aromatic rings. The molecule has 1 aliphatic rings. The third-order valence-electron chi connectivity index (χ3n) is 2.63. The standard InChI is InChI=1S/C11H13F2N3O/c12-6-4-7(13)9-8(5-6)16-11(17)10(9)15-3-1-2-14/h4-5,10,15H,1-3,14H2,(H,16,17). The molecule has 0 fully saturated rings. The van der Waals surface area contributed by atoms with E-state index in [0.29, 0.717) is 19.5 Å². The molecule has 0 saturated heterocycles. The molecular formula is C11H13F2N3O. The van der Waals surface area contributed by atoms with Gasteiger partial charge in [0, 0.05) is 11.6 Å². The highest BCUT2D eigenvalue weighted by Crippen LogP contribution is 2.33. The van der Waals surface area contributed by atoms with Crippen LogP contribution in [0.4, 0.5) is 14.5 Å². The number of carbonyl (C=O) groups excluding carboxylic acids is 1. The monoisotopic (exact) mass is 241 g/mol. The molecule has 1 unspecified atom stereocenters. The fraction of sp³-hybridized carbons (Fsp3) is 0.364. The molecule has 17 heavy (non-hydrogen) atoms. The Labute approximate surface area is 97.2 Å². The summed E-state index contributed by atoms with van der Waals surface area (Å²) in [7, 11) is 0. The highest BCUT2D eigenvalue weighted by atomic mass is 19.1. The van der Waals surface area contributed by atoms with Crippen LogP contribution in [0.25, 0.3) is 0 Å². The summed E-state index contributed by atoms with van der Waals surface area (Å²) in [4.78, 5) is 11.6. The number of nitrogens with one attached hydrogen (secondary N) is 2. The number of benzene rings is 1. The molecule has 92 valence electrons. The summed E-state index contributed by atoms with van der Waals surface area (Å²) in [6.07, 6.45) is 0.682. The van der Waals surface area contributed by atoms with Gasteiger partial charge in [-0.25, -0.2) is 8.78 Å². The Morgan fingerprint density at radius 1 is 1.41 bits per heavy atom. The van der Waals surface area contributed by atoms with Crippen molar-refractivity contribution in [1.82, 2.24) is 5.32 Å². The lowest BCUT2D eigenvalue weighted by molar-refractivity contribution is -0.117. The van der Waals surface area contributed by atoms with Crippen LogP contribution in [0.1, 0.15) is 18.0 Å². The van der Waals surface area contributed by atoms with Crippen molar-refractivity contribution in [3.63, 3.8) is 0 Å². The Balaban J connectivity index is 2.24. The molecule has 2 rings (SSSR count). The molecule has 0 spiro atoms. The largest absolute Gasteiger partial charge is 0.330 e. The smallest absolute Gasteiger partial charge is 0.246 e. The lowest BCUT2D eigenvalue weighted by atomic mass is 10.1. The summed E-state index contributed by atoms with van der Waals surface area (Å²) in [5, 5.41) is 5.34. The van der Waals surface area contributed by atoms with E-state index in [0.717, 1.165) is 12.1 Å². The minimum absolute atomic E-state index is 0.174. The molecule has 4 nitrogen and oxygen atoms in total. The minimum Gasteiger partial charge on any atom is -0.330 e. The van der Waals surface area contributed by atoms with Crippen molar-refractivity contribution < 1.29 is 13.6 Å². The second-order valence-electron chi connectivity index (χ2n) is 3.87. The predicted octanol–water partition coefficient (Wildman–Crippen LogP) is 0.896. The first-order valence-corrected chi connectivity index (χ1v) is 5.36. The summed E-state index contributed by atoms with van der Waals surface area (Å²) >= 11 is 0. The number of amides is 1. The molecular weight excluding hydrogens is 228 g/mol. The van der Waals surface area contributed by atoms with Crippen molar-refractivity contribution in [2.45, 2.75) is 12.5 Å². The number of anilines is 1. The highest BCUT2D eigenvalue weighted by molar-refractivity contribution is 6.02. The average Bonchev–Trinajstić information content (AvgIpc) is 2.55. The highest BCUT2D eigenvalue weighted by Gasteiger charge is 2.33. The van der Waals surface area contributed by atoms with Gasteiger partial charge in [-0.1, -0.05) is 0 Å². The molecule has 1 aliphatic heterocycles. The summed E-state index contributed by atoms with van der Waals surface area (Å²) in [6, 6.07) is 1.12. The lowest BCUT2D eigenvalue weighted by Crippen LogP contribution is -2.29. The number of carbonyl (C=O) groups is 1. The van der Waals surface area contributed by atoms with E-state index < -0.39 is 17.7 Å². The Morgan fingerprint density at radius 3 is 2.88 bits per heavy atom. The first-order valence-electron chi connectivity index (χ1n) is 5.36. The van der Waals surface area contributed by atoms with Crippen molar-refractivity contribution in [2.75, 3.05) is 18.4 Å². The Hall–Kier alpha value is -1.53. The van der Waals surface area contributed by atoms with E-state index in [9.17, 15) is 13.6 Å². The molecule has 6 heteroatoms. The summed E-state index contributed by atoms with van der Waals surface area (Å²) in [6.45, 7) is 0.991. The second kappa shape index (κ2) is 4.77. The Kier molecular flexibility index (Phi) is 3.35. The molecule has 0 aromatic heterocycles. The molecule has 0 aliphatic carbocycles. The topological polar surface area (TPSA) is 67.1 Å². The van der Waals surface area contributed by atoms with Crippen LogP contribution in [0.15, 0.2) is 12.1 Å². The van der Waals surface area contributed by atoms with Crippen LogP contribution in [-0.2, 0) is 4.79 Å². The van der Waals surface area contributed by atoms with E-state index in [-0.39, 0.29) is 17.2 Å². The molecule has 4 N–H and O–H groups in total. The van der Waals surface area contributed by atoms with Crippen molar-refractivity contribution in [1.29, 1.82) is 0 Å². The second-order valence-corrected chi connectivity index (χ2v) is 3.87. The van der Waals surface area contributed by atoms with Crippen LogP contribution in [0, 0.1) is 11.6 Å². The van der Waals surface area contributed by atoms with Crippen LogP contribution in [0.3, 0.4) is 0 Å². The van der Waals surface area contributed by atoms with E-state index in [1.165, 1.54) is 0 Å². The van der Waals surface area contributed by atoms with Gasteiger partial charge < -0.3 is 16.4 Å². The quantitative estimate of drug-likeness (QED) is 0.686. The molecule has 1 heterocycles. The Morgan fingerprint density at radius 2 is 2.18 bits per heavy atom. The molecule has 1 amide bonds. The van der Waals surface area contributed by atoms with Gasteiger partial charge >= 0.3 is 0 Å². The summed E-state index contributed by atoms with van der Waals surface area (Å²) in [5.41, 5.74) is 5.69. The molecule has 0 radical (unpaired) electrons. The Bertz CT molecular complexity index is 451. The van der Waals surface area contributed by atoms with Crippen LogP contribution in [-0.4, -0.2) is 19.0 Å². The van der Waals surface area contributed by atoms with Crippen LogP contribution in [0.2, 0.25) is 0 Å². The molecule has 1 atom stereocenters. The van der Waals surface area contributed by atoms with E-state index >= 15 is 0 Å². The van der Waals surface area contributed by atoms with Crippen LogP contribution >= 0.6 is 0 Å². The van der Waals surface area contributed by atoms with Crippen molar-refractivity contribution in [3.05, 3.63) is 29.3 Å². The van der Waals surface area contributed by atoms with Gasteiger partial charge in [-0.15, -0.1) is 0 Å². The van der Waals surface area contributed by atoms with Gasteiger partial charge in [-0.2, -0.15) is 0 Å². The van der Waals surface area contributed by atoms with Gasteiger partial charge in [0.15, 0.2) is 0 Å². The SMILES string of the molecule is NCCCNC1C(=O)Nc2cc(F)cc(F)c21. The van der Waals surface area contributed by atoms with E-state index in [4.69, 9.17) is 5.73 Å². The number of halogens is 2. The van der Waals surface area contributed by atoms with Crippen molar-refractivity contribution in [3.8, 4) is 0 Å². The summed E-state index contributed by atoms with van der Waals surface area (Å²) in [5.74, 6) is -1.80. The number of hydrogen-bond donors (Lipinski definition) is 3. The summed E-state index contributed by atoms with van der Waals surface area (Å²) < 4.78 is 26.5. The average molecular weight is 241 g/mol. The first kappa shape index (κ1) is 11.9. The third kappa shape index (κ3) is 2.27. The predicted molar refractivity (Wildman–Crippen MR) is 59.4 cm³/mol. The van der Waals surface area contributed by atoms with Crippen LogP contribution < -0.4 is 16.4 Å². The zero-order valence-electron chi connectivity index (χ0n) is 9.09. The van der Waals surface area contributed by atoms with E-state index in [1.54, 1.807) is 0 Å². The molecule has 0 bridgehead atoms. The minimum atomic E-state index is -0.767. The molecule has 1 aromatic carbocycles. The maximum atomic E-state index is 13.6. The number of rotatable bonds is 4. The van der Waals surface area contributed by atoms with Gasteiger partial charge in [0.05, 0.1) is 5.69 Å².